The van der Waals surface area contributed by atoms with Crippen LogP contribution in [0.5, 0.6) is 0 Å². The van der Waals surface area contributed by atoms with Crippen molar-refractivity contribution in [3.05, 3.63) is 48.5 Å². The van der Waals surface area contributed by atoms with Crippen LogP contribution in [0.1, 0.15) is 38.5 Å². The molecule has 0 atom stereocenters. The van der Waals surface area contributed by atoms with E-state index in [0.29, 0.717) is 5.91 Å². The molecule has 1 amide bonds. The number of amides is 1. The molecule has 4 saturated carbocycles. The first-order valence-electron chi connectivity index (χ1n) is 9.92. The van der Waals surface area contributed by atoms with E-state index < -0.39 is 0 Å². The summed E-state index contributed by atoms with van der Waals surface area (Å²) in [5.41, 5.74) is 2.05. The molecule has 0 unspecified atom stereocenters. The fourth-order valence-corrected chi connectivity index (χ4v) is 7.59. The van der Waals surface area contributed by atoms with Crippen molar-refractivity contribution < 1.29 is 4.79 Å². The first-order valence-corrected chi connectivity index (χ1v) is 10.7. The first kappa shape index (κ1) is 15.3. The van der Waals surface area contributed by atoms with E-state index in [1.165, 1.54) is 29.1 Å². The average molecular weight is 362 g/mol. The van der Waals surface area contributed by atoms with E-state index in [-0.39, 0.29) is 5.41 Å². The number of hydrogen-bond acceptors (Lipinski definition) is 2. The molecule has 4 fully saturated rings. The second kappa shape index (κ2) is 5.39. The van der Waals surface area contributed by atoms with Crippen LogP contribution >= 0.6 is 11.8 Å². The molecular formula is C23H23NOS. The Kier molecular flexibility index (Phi) is 3.18. The number of carbonyl (C=O) groups is 1. The van der Waals surface area contributed by atoms with Gasteiger partial charge in [0.2, 0.25) is 5.91 Å². The lowest BCUT2D eigenvalue weighted by atomic mass is 9.49. The van der Waals surface area contributed by atoms with Gasteiger partial charge in [-0.3, -0.25) is 9.69 Å². The van der Waals surface area contributed by atoms with Gasteiger partial charge in [-0.15, -0.1) is 0 Å². The van der Waals surface area contributed by atoms with Gasteiger partial charge in [0.15, 0.2) is 0 Å². The molecule has 26 heavy (non-hydrogen) atoms. The Morgan fingerprint density at radius 1 is 0.808 bits per heavy atom. The smallest absolute Gasteiger partial charge is 0.237 e. The van der Waals surface area contributed by atoms with Crippen LogP contribution in [0.3, 0.4) is 0 Å². The Morgan fingerprint density at radius 2 is 1.27 bits per heavy atom. The number of anilines is 2. The van der Waals surface area contributed by atoms with Gasteiger partial charge >= 0.3 is 0 Å². The van der Waals surface area contributed by atoms with E-state index in [1.807, 2.05) is 0 Å². The normalized spacial score (nSPS) is 33.7. The monoisotopic (exact) mass is 361 g/mol. The maximum Gasteiger partial charge on any atom is 0.237 e. The van der Waals surface area contributed by atoms with Gasteiger partial charge in [-0.05, 0) is 80.5 Å². The number of hydrogen-bond donors (Lipinski definition) is 0. The van der Waals surface area contributed by atoms with Crippen molar-refractivity contribution in [3.8, 4) is 0 Å². The highest BCUT2D eigenvalue weighted by molar-refractivity contribution is 7.99. The van der Waals surface area contributed by atoms with Gasteiger partial charge < -0.3 is 0 Å². The molecular weight excluding hydrogens is 338 g/mol. The van der Waals surface area contributed by atoms with E-state index >= 15 is 0 Å². The summed E-state index contributed by atoms with van der Waals surface area (Å²) in [6, 6.07) is 16.8. The molecule has 1 aliphatic heterocycles. The van der Waals surface area contributed by atoms with Gasteiger partial charge in [-0.1, -0.05) is 36.0 Å². The summed E-state index contributed by atoms with van der Waals surface area (Å²) in [5, 5.41) is 0. The third-order valence-electron chi connectivity index (χ3n) is 7.13. The summed E-state index contributed by atoms with van der Waals surface area (Å²) in [7, 11) is 0. The van der Waals surface area contributed by atoms with Crippen molar-refractivity contribution in [2.75, 3.05) is 4.90 Å². The van der Waals surface area contributed by atoms with E-state index in [0.717, 1.165) is 48.4 Å². The van der Waals surface area contributed by atoms with Crippen LogP contribution in [-0.2, 0) is 4.79 Å². The molecule has 4 bridgehead atoms. The fraction of sp³-hybridized carbons (Fsp3) is 0.435. The van der Waals surface area contributed by atoms with Crippen LogP contribution in [0.2, 0.25) is 0 Å². The van der Waals surface area contributed by atoms with Gasteiger partial charge in [0.05, 0.1) is 16.8 Å². The third-order valence-corrected chi connectivity index (χ3v) is 8.26. The van der Waals surface area contributed by atoms with Crippen LogP contribution in [-0.4, -0.2) is 5.91 Å². The lowest BCUT2D eigenvalue weighted by molar-refractivity contribution is -0.142. The van der Waals surface area contributed by atoms with Gasteiger partial charge in [0.1, 0.15) is 0 Å². The molecule has 1 heterocycles. The minimum atomic E-state index is -0.114. The van der Waals surface area contributed by atoms with E-state index in [1.54, 1.807) is 11.8 Å². The van der Waals surface area contributed by atoms with Crippen molar-refractivity contribution >= 4 is 29.0 Å². The van der Waals surface area contributed by atoms with E-state index in [2.05, 4.69) is 53.4 Å². The first-order chi connectivity index (χ1) is 12.7. The summed E-state index contributed by atoms with van der Waals surface area (Å²) in [6.07, 6.45) is 7.46. The van der Waals surface area contributed by atoms with Gasteiger partial charge in [-0.2, -0.15) is 0 Å². The molecule has 0 saturated heterocycles. The Morgan fingerprint density at radius 3 is 1.77 bits per heavy atom. The van der Waals surface area contributed by atoms with Gasteiger partial charge in [0, 0.05) is 9.79 Å². The number of rotatable bonds is 1. The SMILES string of the molecule is O=C(N1c2ccccc2Sc2ccccc21)C12CC3CC(CC(C3)C1)C2. The van der Waals surface area contributed by atoms with Crippen LogP contribution < -0.4 is 4.90 Å². The molecule has 0 spiro atoms. The molecule has 2 nitrogen and oxygen atoms in total. The fourth-order valence-electron chi connectivity index (χ4n) is 6.53. The average Bonchev–Trinajstić information content (AvgIpc) is 2.64. The zero-order valence-corrected chi connectivity index (χ0v) is 15.7. The molecule has 132 valence electrons. The van der Waals surface area contributed by atoms with Crippen LogP contribution in [0.15, 0.2) is 58.3 Å². The highest BCUT2D eigenvalue weighted by Gasteiger charge is 2.56. The number of benzene rings is 2. The van der Waals surface area contributed by atoms with Crippen molar-refractivity contribution in [1.82, 2.24) is 0 Å². The van der Waals surface area contributed by atoms with Crippen molar-refractivity contribution in [1.29, 1.82) is 0 Å². The number of fused-ring (bicyclic) bond motifs is 2. The Hall–Kier alpha value is -1.74. The largest absolute Gasteiger partial charge is 0.278 e. The van der Waals surface area contributed by atoms with Gasteiger partial charge in [-0.25, -0.2) is 0 Å². The Balaban J connectivity index is 1.48. The maximum absolute atomic E-state index is 14.1. The zero-order chi connectivity index (χ0) is 17.3. The van der Waals surface area contributed by atoms with E-state index in [9.17, 15) is 4.79 Å². The van der Waals surface area contributed by atoms with Crippen LogP contribution in [0, 0.1) is 23.2 Å². The van der Waals surface area contributed by atoms with Crippen molar-refractivity contribution in [3.63, 3.8) is 0 Å². The topological polar surface area (TPSA) is 20.3 Å². The minimum Gasteiger partial charge on any atom is -0.278 e. The predicted molar refractivity (Wildman–Crippen MR) is 105 cm³/mol. The second-order valence-corrected chi connectivity index (χ2v) is 9.96. The molecule has 3 heteroatoms. The third kappa shape index (κ3) is 2.10. The van der Waals surface area contributed by atoms with E-state index in [4.69, 9.17) is 0 Å². The molecule has 2 aromatic rings. The number of para-hydroxylation sites is 2. The summed E-state index contributed by atoms with van der Waals surface area (Å²) >= 11 is 1.79. The molecule has 0 N–H and O–H groups in total. The number of nitrogens with zero attached hydrogens (tertiary/aromatic N) is 1. The quantitative estimate of drug-likeness (QED) is 0.618. The molecule has 2 aromatic carbocycles. The van der Waals surface area contributed by atoms with Gasteiger partial charge in [0.25, 0.3) is 0 Å². The molecule has 0 radical (unpaired) electrons. The number of carbonyl (C=O) groups excluding carboxylic acids is 1. The summed E-state index contributed by atoms with van der Waals surface area (Å²) < 4.78 is 0. The molecule has 4 aliphatic carbocycles. The molecule has 5 aliphatic rings. The molecule has 0 aromatic heterocycles. The van der Waals surface area contributed by atoms with Crippen molar-refractivity contribution in [2.24, 2.45) is 23.2 Å². The van der Waals surface area contributed by atoms with Crippen LogP contribution in [0.25, 0.3) is 0 Å². The zero-order valence-electron chi connectivity index (χ0n) is 14.9. The standard InChI is InChI=1S/C23H23NOS/c25-22(23-12-15-9-16(13-23)11-17(10-15)14-23)24-18-5-1-3-7-20(18)26-21-8-4-2-6-19(21)24/h1-8,15-17H,9-14H2. The minimum absolute atomic E-state index is 0.114. The summed E-state index contributed by atoms with van der Waals surface area (Å²) in [5.74, 6) is 2.73. The Labute approximate surface area is 159 Å². The maximum atomic E-state index is 14.1. The highest BCUT2D eigenvalue weighted by Crippen LogP contribution is 2.62. The second-order valence-electron chi connectivity index (χ2n) is 8.88. The lowest BCUT2D eigenvalue weighted by Gasteiger charge is -2.56. The van der Waals surface area contributed by atoms with Crippen molar-refractivity contribution in [2.45, 2.75) is 48.3 Å². The van der Waals surface area contributed by atoms with Crippen LogP contribution in [0.4, 0.5) is 11.4 Å². The summed E-state index contributed by atoms with van der Waals surface area (Å²) in [4.78, 5) is 18.6. The lowest BCUT2D eigenvalue weighted by Crippen LogP contribution is -2.54. The summed E-state index contributed by atoms with van der Waals surface area (Å²) in [6.45, 7) is 0. The highest BCUT2D eigenvalue weighted by atomic mass is 32.2. The predicted octanol–water partition coefficient (Wildman–Crippen LogP) is 6.03. The Bertz CT molecular complexity index is 824. The molecule has 7 rings (SSSR count).